The summed E-state index contributed by atoms with van der Waals surface area (Å²) in [5.41, 5.74) is -1.13. The number of hydrogen-bond acceptors (Lipinski definition) is 6. The van der Waals surface area contributed by atoms with Crippen LogP contribution in [0.3, 0.4) is 0 Å². The van der Waals surface area contributed by atoms with Gasteiger partial charge in [0, 0.05) is 18.3 Å². The Labute approximate surface area is 175 Å². The van der Waals surface area contributed by atoms with E-state index in [0.717, 1.165) is 10.9 Å². The van der Waals surface area contributed by atoms with E-state index in [1.165, 1.54) is 12.1 Å². The molecule has 0 fully saturated rings. The van der Waals surface area contributed by atoms with Crippen LogP contribution in [0.1, 0.15) is 16.1 Å². The van der Waals surface area contributed by atoms with Gasteiger partial charge in [0.2, 0.25) is 0 Å². The first-order valence-electron chi connectivity index (χ1n) is 9.09. The van der Waals surface area contributed by atoms with E-state index in [1.807, 2.05) is 0 Å². The molecule has 3 heterocycles. The van der Waals surface area contributed by atoms with Gasteiger partial charge in [-0.05, 0) is 12.1 Å². The molecule has 1 aromatic heterocycles. The van der Waals surface area contributed by atoms with Crippen molar-refractivity contribution in [1.82, 2.24) is 15.1 Å². The quantitative estimate of drug-likeness (QED) is 0.524. The Morgan fingerprint density at radius 3 is 2.22 bits per heavy atom. The molecule has 3 aromatic rings. The van der Waals surface area contributed by atoms with E-state index in [2.05, 4.69) is 30.5 Å². The van der Waals surface area contributed by atoms with E-state index in [0.29, 0.717) is 5.69 Å². The summed E-state index contributed by atoms with van der Waals surface area (Å²) >= 11 is 0. The number of fused-ring (bicyclic) bond motifs is 2. The Balaban J connectivity index is 1.37. The number of anilines is 2. The molecule has 0 radical (unpaired) electrons. The van der Waals surface area contributed by atoms with Crippen molar-refractivity contribution >= 4 is 17.3 Å². The van der Waals surface area contributed by atoms with Crippen molar-refractivity contribution in [3.05, 3.63) is 59.9 Å². The first-order chi connectivity index (χ1) is 15.1. The van der Waals surface area contributed by atoms with Crippen LogP contribution < -0.4 is 25.4 Å². The molecule has 0 atom stereocenters. The highest BCUT2D eigenvalue weighted by atomic mass is 19.4. The van der Waals surface area contributed by atoms with Gasteiger partial charge in [-0.15, -0.1) is 8.78 Å². The summed E-state index contributed by atoms with van der Waals surface area (Å²) in [5.74, 6) is -1.50. The van der Waals surface area contributed by atoms with Crippen molar-refractivity contribution in [3.63, 3.8) is 0 Å². The summed E-state index contributed by atoms with van der Waals surface area (Å²) < 4.78 is 76.5. The van der Waals surface area contributed by atoms with Crippen molar-refractivity contribution in [1.29, 1.82) is 0 Å². The number of alkyl halides is 5. The number of carbonyl (C=O) groups excluding carboxylic acids is 1. The lowest BCUT2D eigenvalue weighted by Gasteiger charge is -2.14. The number of amides is 1. The normalized spacial score (nSPS) is 16.3. The predicted molar refractivity (Wildman–Crippen MR) is 99.7 cm³/mol. The number of hydrogen-bond donors (Lipinski definition) is 3. The number of ether oxygens (including phenoxy) is 2. The largest absolute Gasteiger partial charge is 0.586 e. The van der Waals surface area contributed by atoms with Crippen LogP contribution in [0.15, 0.2) is 48.7 Å². The highest BCUT2D eigenvalue weighted by Gasteiger charge is 2.45. The van der Waals surface area contributed by atoms with E-state index >= 15 is 0 Å². The molecule has 3 N–H and O–H groups in total. The van der Waals surface area contributed by atoms with E-state index in [1.54, 1.807) is 30.3 Å². The minimum absolute atomic E-state index is 0.224. The zero-order valence-corrected chi connectivity index (χ0v) is 15.7. The number of para-hydroxylation sites is 1. The molecule has 5 rings (SSSR count). The molecule has 2 aliphatic heterocycles. The zero-order valence-electron chi connectivity index (χ0n) is 15.7. The van der Waals surface area contributed by atoms with Crippen LogP contribution in [-0.4, -0.2) is 28.3 Å². The number of rotatable bonds is 3. The van der Waals surface area contributed by atoms with Gasteiger partial charge in [-0.25, -0.2) is 4.68 Å². The third-order valence-electron chi connectivity index (χ3n) is 4.66. The van der Waals surface area contributed by atoms with Crippen LogP contribution in [0.4, 0.5) is 33.3 Å². The minimum atomic E-state index is -4.87. The highest BCUT2D eigenvalue weighted by molar-refractivity contribution is 5.96. The topological polar surface area (TPSA) is 89.4 Å². The van der Waals surface area contributed by atoms with Gasteiger partial charge in [0.1, 0.15) is 0 Å². The first-order valence-corrected chi connectivity index (χ1v) is 9.09. The van der Waals surface area contributed by atoms with Crippen LogP contribution in [0.5, 0.6) is 11.5 Å². The van der Waals surface area contributed by atoms with Crippen molar-refractivity contribution in [2.24, 2.45) is 0 Å². The Morgan fingerprint density at radius 2 is 1.66 bits per heavy atom. The Bertz CT molecular complexity index is 1180. The van der Waals surface area contributed by atoms with Gasteiger partial charge >= 0.3 is 12.5 Å². The fourth-order valence-electron chi connectivity index (χ4n) is 3.33. The average Bonchev–Trinajstić information content (AvgIpc) is 3.39. The smallest absolute Gasteiger partial charge is 0.395 e. The minimum Gasteiger partial charge on any atom is -0.395 e. The molecular formula is C19H12F5N5O3. The van der Waals surface area contributed by atoms with Crippen molar-refractivity contribution in [2.45, 2.75) is 18.8 Å². The van der Waals surface area contributed by atoms with Crippen LogP contribution in [0, 0.1) is 0 Å². The van der Waals surface area contributed by atoms with Crippen LogP contribution in [0.25, 0.3) is 5.69 Å². The van der Waals surface area contributed by atoms with Gasteiger partial charge < -0.3 is 25.4 Å². The number of benzene rings is 2. The van der Waals surface area contributed by atoms with Gasteiger partial charge in [0.05, 0.1) is 22.6 Å². The van der Waals surface area contributed by atoms with E-state index < -0.39 is 35.9 Å². The van der Waals surface area contributed by atoms with Crippen LogP contribution >= 0.6 is 0 Å². The fourth-order valence-corrected chi connectivity index (χ4v) is 3.33. The molecular weight excluding hydrogens is 441 g/mol. The van der Waals surface area contributed by atoms with Gasteiger partial charge in [0.25, 0.3) is 5.91 Å². The highest BCUT2D eigenvalue weighted by Crippen LogP contribution is 2.46. The zero-order chi connectivity index (χ0) is 22.7. The molecule has 166 valence electrons. The summed E-state index contributed by atoms with van der Waals surface area (Å²) in [4.78, 5) is 12.7. The SMILES string of the molecule is O=C(NC1Nc2cc3c(cc2N1)OC(F)(F)O3)c1cn(-c2ccccc2)nc1C(F)(F)F. The molecule has 0 unspecified atom stereocenters. The second-order valence-electron chi connectivity index (χ2n) is 6.88. The second kappa shape index (κ2) is 6.73. The number of aromatic nitrogens is 2. The Morgan fingerprint density at radius 1 is 1.06 bits per heavy atom. The lowest BCUT2D eigenvalue weighted by Crippen LogP contribution is -2.43. The summed E-state index contributed by atoms with van der Waals surface area (Å²) in [7, 11) is 0. The number of carbonyl (C=O) groups is 1. The summed E-state index contributed by atoms with van der Waals surface area (Å²) in [6.07, 6.45) is -8.71. The summed E-state index contributed by atoms with van der Waals surface area (Å²) in [6, 6.07) is 10.4. The summed E-state index contributed by atoms with van der Waals surface area (Å²) in [6.45, 7) is 0. The van der Waals surface area contributed by atoms with Gasteiger partial charge in [0.15, 0.2) is 23.5 Å². The van der Waals surface area contributed by atoms with Gasteiger partial charge in [-0.1, -0.05) is 18.2 Å². The molecule has 32 heavy (non-hydrogen) atoms. The predicted octanol–water partition coefficient (Wildman–Crippen LogP) is 3.76. The fraction of sp³-hybridized carbons (Fsp3) is 0.158. The second-order valence-corrected chi connectivity index (χ2v) is 6.88. The number of nitrogens with one attached hydrogen (secondary N) is 3. The Hall–Kier alpha value is -4.03. The molecule has 2 aromatic carbocycles. The van der Waals surface area contributed by atoms with E-state index in [9.17, 15) is 26.7 Å². The first kappa shape index (κ1) is 19.9. The lowest BCUT2D eigenvalue weighted by molar-refractivity contribution is -0.286. The molecule has 13 heteroatoms. The third kappa shape index (κ3) is 3.50. The molecule has 0 spiro atoms. The number of nitrogens with zero attached hydrogens (tertiary/aromatic N) is 2. The maximum Gasteiger partial charge on any atom is 0.586 e. The van der Waals surface area contributed by atoms with Crippen molar-refractivity contribution in [2.75, 3.05) is 10.6 Å². The van der Waals surface area contributed by atoms with Gasteiger partial charge in [-0.3, -0.25) is 4.79 Å². The maximum atomic E-state index is 13.5. The van der Waals surface area contributed by atoms with Crippen molar-refractivity contribution < 1.29 is 36.2 Å². The molecule has 1 amide bonds. The van der Waals surface area contributed by atoms with E-state index in [4.69, 9.17) is 0 Å². The molecule has 0 aliphatic carbocycles. The lowest BCUT2D eigenvalue weighted by atomic mass is 10.2. The molecule has 2 aliphatic rings. The van der Waals surface area contributed by atoms with Gasteiger partial charge in [-0.2, -0.15) is 18.3 Å². The number of halogens is 5. The maximum absolute atomic E-state index is 13.5. The average molecular weight is 453 g/mol. The van der Waals surface area contributed by atoms with E-state index in [-0.39, 0.29) is 22.9 Å². The van der Waals surface area contributed by atoms with Crippen LogP contribution in [-0.2, 0) is 6.18 Å². The molecule has 0 saturated heterocycles. The third-order valence-corrected chi connectivity index (χ3v) is 4.66. The van der Waals surface area contributed by atoms with Crippen molar-refractivity contribution in [3.8, 4) is 17.2 Å². The monoisotopic (exact) mass is 453 g/mol. The molecule has 8 nitrogen and oxygen atoms in total. The summed E-state index contributed by atoms with van der Waals surface area (Å²) in [5, 5.41) is 11.4. The Kier molecular flexibility index (Phi) is 4.19. The van der Waals surface area contributed by atoms with Crippen LogP contribution in [0.2, 0.25) is 0 Å². The molecule has 0 saturated carbocycles. The molecule has 0 bridgehead atoms. The standard InChI is InChI=1S/C19H12F5N5O3/c20-18(21,22)15-10(8-29(28-15)9-4-2-1-3-5-9)16(30)27-17-25-11-6-13-14(7-12(11)26-17)32-19(23,24)31-13/h1-8,17,25-26H,(H,27,30).